The highest BCUT2D eigenvalue weighted by atomic mass is 16.7. The van der Waals surface area contributed by atoms with E-state index in [4.69, 9.17) is 20.3 Å². The summed E-state index contributed by atoms with van der Waals surface area (Å²) in [5.74, 6) is 1.41. The van der Waals surface area contributed by atoms with Gasteiger partial charge in [-0.2, -0.15) is 0 Å². The second-order valence-corrected chi connectivity index (χ2v) is 6.34. The number of anilines is 1. The molecule has 0 aliphatic carbocycles. The van der Waals surface area contributed by atoms with Gasteiger partial charge in [-0.05, 0) is 25.5 Å². The molecular weight excluding hydrogens is 344 g/mol. The minimum absolute atomic E-state index is 0.432. The lowest BCUT2D eigenvalue weighted by molar-refractivity contribution is 0.00739. The van der Waals surface area contributed by atoms with Crippen LogP contribution in [0.5, 0.6) is 0 Å². The van der Waals surface area contributed by atoms with Gasteiger partial charge in [0.15, 0.2) is 5.82 Å². The number of nitrogen functional groups attached to an aromatic ring is 1. The van der Waals surface area contributed by atoms with Crippen molar-refractivity contribution in [2.75, 3.05) is 25.6 Å². The van der Waals surface area contributed by atoms with Gasteiger partial charge in [0.25, 0.3) is 0 Å². The van der Waals surface area contributed by atoms with E-state index in [1.54, 1.807) is 6.20 Å². The maximum atomic E-state index is 6.16. The second kappa shape index (κ2) is 8.79. The van der Waals surface area contributed by atoms with Crippen molar-refractivity contribution in [1.29, 1.82) is 0 Å². The van der Waals surface area contributed by atoms with Crippen LogP contribution >= 0.6 is 0 Å². The number of nitrogens with zero attached hydrogens (tertiary/aromatic N) is 4. The Morgan fingerprint density at radius 2 is 2.11 bits per heavy atom. The first-order valence-electron chi connectivity index (χ1n) is 9.12. The molecule has 0 saturated carbocycles. The minimum atomic E-state index is 0.432. The first-order valence-corrected chi connectivity index (χ1v) is 9.12. The summed E-state index contributed by atoms with van der Waals surface area (Å²) in [5, 5.41) is 0. The second-order valence-electron chi connectivity index (χ2n) is 6.34. The van der Waals surface area contributed by atoms with Crippen LogP contribution in [0.3, 0.4) is 0 Å². The van der Waals surface area contributed by atoms with Crippen LogP contribution in [0, 0.1) is 0 Å². The number of hydrogen-bond acceptors (Lipinski definition) is 7. The predicted octanol–water partition coefficient (Wildman–Crippen LogP) is 2.59. The Labute approximate surface area is 158 Å². The van der Waals surface area contributed by atoms with Gasteiger partial charge >= 0.3 is 0 Å². The molecule has 3 N–H and O–H groups in total. The Balaban J connectivity index is 1.80. The number of pyridine rings is 2. The van der Waals surface area contributed by atoms with Crippen molar-refractivity contribution in [2.24, 2.45) is 0 Å². The fourth-order valence-corrected chi connectivity index (χ4v) is 2.96. The number of fused-ring (bicyclic) bond motifs is 3. The van der Waals surface area contributed by atoms with Crippen molar-refractivity contribution >= 4 is 27.9 Å². The summed E-state index contributed by atoms with van der Waals surface area (Å²) in [4.78, 5) is 18.9. The molecule has 144 valence electrons. The highest BCUT2D eigenvalue weighted by Gasteiger charge is 2.17. The smallest absolute Gasteiger partial charge is 0.152 e. The van der Waals surface area contributed by atoms with E-state index in [1.165, 1.54) is 0 Å². The molecule has 0 atom stereocenters. The lowest BCUT2D eigenvalue weighted by Crippen LogP contribution is -2.17. The highest BCUT2D eigenvalue weighted by Crippen LogP contribution is 2.27. The van der Waals surface area contributed by atoms with Crippen LogP contribution < -0.4 is 11.2 Å². The number of aryl methyl sites for hydroxylation is 1. The van der Waals surface area contributed by atoms with Crippen LogP contribution in [0.25, 0.3) is 22.1 Å². The summed E-state index contributed by atoms with van der Waals surface area (Å²) in [5.41, 5.74) is 12.8. The maximum absolute atomic E-state index is 6.16. The van der Waals surface area contributed by atoms with Gasteiger partial charge in [-0.3, -0.25) is 15.3 Å². The fourth-order valence-electron chi connectivity index (χ4n) is 2.96. The number of nitrogens with one attached hydrogen (secondary N) is 1. The molecule has 0 aliphatic heterocycles. The van der Waals surface area contributed by atoms with Crippen LogP contribution in [-0.2, 0) is 22.5 Å². The Hall–Kier alpha value is -2.71. The van der Waals surface area contributed by atoms with Crippen molar-refractivity contribution in [3.05, 3.63) is 36.4 Å². The molecule has 0 spiro atoms. The molecule has 0 aliphatic rings. The van der Waals surface area contributed by atoms with Gasteiger partial charge in [-0.25, -0.2) is 9.97 Å². The minimum Gasteiger partial charge on any atom is -0.382 e. The molecule has 3 aromatic rings. The molecule has 3 rings (SSSR count). The van der Waals surface area contributed by atoms with Crippen molar-refractivity contribution < 1.29 is 9.57 Å². The number of ether oxygens (including phenoxy) is 1. The van der Waals surface area contributed by atoms with Crippen molar-refractivity contribution in [1.82, 2.24) is 25.0 Å². The van der Waals surface area contributed by atoms with Gasteiger partial charge in [-0.15, -0.1) is 0 Å². The van der Waals surface area contributed by atoms with Gasteiger partial charge in [0.2, 0.25) is 0 Å². The molecule has 0 unspecified atom stereocenters. The zero-order valence-electron chi connectivity index (χ0n) is 15.9. The van der Waals surface area contributed by atoms with Crippen molar-refractivity contribution in [2.45, 2.75) is 33.2 Å². The van der Waals surface area contributed by atoms with E-state index >= 15 is 0 Å². The zero-order valence-corrected chi connectivity index (χ0v) is 15.9. The number of aromatic nitrogens is 4. The third-order valence-corrected chi connectivity index (χ3v) is 4.05. The Morgan fingerprint density at radius 1 is 1.26 bits per heavy atom. The molecule has 3 heterocycles. The summed E-state index contributed by atoms with van der Waals surface area (Å²) >= 11 is 0. The molecule has 3 aromatic heterocycles. The molecule has 0 radical (unpaired) electrons. The number of hydrogen-bond donors (Lipinski definition) is 2. The summed E-state index contributed by atoms with van der Waals surface area (Å²) in [6, 6.07) is 3.77. The molecule has 0 bridgehead atoms. The highest BCUT2D eigenvalue weighted by molar-refractivity contribution is 6.04. The zero-order chi connectivity index (χ0) is 19.2. The van der Waals surface area contributed by atoms with E-state index in [2.05, 4.69) is 33.5 Å². The fraction of sp³-hybridized carbons (Fsp3) is 0.421. The Bertz CT molecular complexity index is 937. The number of imidazole rings is 1. The summed E-state index contributed by atoms with van der Waals surface area (Å²) in [6.07, 6.45) is 3.61. The topological polar surface area (TPSA) is 100 Å². The number of allylic oxidation sites excluding steroid dienone is 1. The number of nitrogens with two attached hydrogens (primary N) is 1. The molecule has 0 amide bonds. The Morgan fingerprint density at radius 3 is 2.89 bits per heavy atom. The van der Waals surface area contributed by atoms with E-state index in [1.807, 2.05) is 19.1 Å². The summed E-state index contributed by atoms with van der Waals surface area (Å²) in [6.45, 7) is 9.79. The van der Waals surface area contributed by atoms with Crippen LogP contribution in [0.15, 0.2) is 30.6 Å². The summed E-state index contributed by atoms with van der Waals surface area (Å²) in [7, 11) is 0. The average Bonchev–Trinajstić information content (AvgIpc) is 3.00. The lowest BCUT2D eigenvalue weighted by Gasteiger charge is -2.11. The Kier molecular flexibility index (Phi) is 6.20. The monoisotopic (exact) mass is 370 g/mol. The normalized spacial score (nSPS) is 11.3. The van der Waals surface area contributed by atoms with Gasteiger partial charge < -0.3 is 15.0 Å². The van der Waals surface area contributed by atoms with Gasteiger partial charge in [-0.1, -0.05) is 13.5 Å². The molecular formula is C19H26N6O2. The summed E-state index contributed by atoms with van der Waals surface area (Å²) < 4.78 is 7.85. The number of hydroxylamine groups is 1. The van der Waals surface area contributed by atoms with E-state index in [0.717, 1.165) is 40.9 Å². The molecule has 0 fully saturated rings. The quantitative estimate of drug-likeness (QED) is 0.418. The van der Waals surface area contributed by atoms with Gasteiger partial charge in [0.05, 0.1) is 25.3 Å². The molecule has 27 heavy (non-hydrogen) atoms. The van der Waals surface area contributed by atoms with Crippen LogP contribution in [0.4, 0.5) is 5.82 Å². The first kappa shape index (κ1) is 19.1. The predicted molar refractivity (Wildman–Crippen MR) is 106 cm³/mol. The first-order chi connectivity index (χ1) is 13.1. The average molecular weight is 370 g/mol. The van der Waals surface area contributed by atoms with E-state index in [9.17, 15) is 0 Å². The maximum Gasteiger partial charge on any atom is 0.152 e. The van der Waals surface area contributed by atoms with E-state index < -0.39 is 0 Å². The van der Waals surface area contributed by atoms with Crippen LogP contribution in [-0.4, -0.2) is 39.3 Å². The lowest BCUT2D eigenvalue weighted by atomic mass is 10.2. The SMILES string of the molecule is C=C(C)NOCCOCCn1c(CCC)nc2c(N)nc3cccnc3c21. The number of rotatable bonds is 10. The molecule has 8 heteroatoms. The van der Waals surface area contributed by atoms with Crippen LogP contribution in [0.2, 0.25) is 0 Å². The third kappa shape index (κ3) is 4.35. The molecule has 0 saturated heterocycles. The standard InChI is InChI=1S/C19H26N6O2/c1-4-6-15-23-17-18(16-14(22-19(17)20)7-5-8-21-16)25(15)9-10-26-11-12-27-24-13(2)3/h5,7-8,24H,2,4,6,9-12H2,1,3H3,(H2,20,22). The van der Waals surface area contributed by atoms with Gasteiger partial charge in [0, 0.05) is 24.9 Å². The third-order valence-electron chi connectivity index (χ3n) is 4.05. The molecule has 0 aromatic carbocycles. The van der Waals surface area contributed by atoms with Crippen molar-refractivity contribution in [3.8, 4) is 0 Å². The van der Waals surface area contributed by atoms with E-state index in [-0.39, 0.29) is 0 Å². The molecule has 8 nitrogen and oxygen atoms in total. The largest absolute Gasteiger partial charge is 0.382 e. The van der Waals surface area contributed by atoms with Crippen molar-refractivity contribution in [3.63, 3.8) is 0 Å². The van der Waals surface area contributed by atoms with E-state index in [0.29, 0.717) is 37.7 Å². The van der Waals surface area contributed by atoms with Crippen LogP contribution in [0.1, 0.15) is 26.1 Å². The van der Waals surface area contributed by atoms with Gasteiger partial charge in [0.1, 0.15) is 22.4 Å².